The summed E-state index contributed by atoms with van der Waals surface area (Å²) >= 11 is 0. The topological polar surface area (TPSA) is 143 Å². The first kappa shape index (κ1) is 27.6. The number of carbonyl (C=O) groups excluding carboxylic acids is 2. The Hall–Kier alpha value is -3.47. The normalized spacial score (nSPS) is 18.1. The maximum Gasteiger partial charge on any atom is 0.343 e. The molecule has 202 valence electrons. The number of halogens is 1. The molecule has 3 aromatic rings. The van der Waals surface area contributed by atoms with Crippen molar-refractivity contribution in [3.8, 4) is 17.1 Å². The van der Waals surface area contributed by atoms with Crippen LogP contribution in [-0.4, -0.2) is 45.9 Å². The van der Waals surface area contributed by atoms with Crippen LogP contribution in [0.5, 0.6) is 5.75 Å². The minimum absolute atomic E-state index is 0. The molecule has 2 aliphatic heterocycles. The standard InChI is InChI=1S/C27H29N3O7.ClH/c1-4-16-17-10-15(35-8-9-36-25(32)14(3)28)6-7-21(17)29-23-18(16)12-30-22(23)11-20-19(24(30)31)13-37-26(33)27(20,34)5-2;/h6-7,10-11,14,34H,4-5,8-9,12-13,28H2,1-3H3;1H/t14-,27-;/m0./s1. The molecule has 2 aliphatic rings. The third kappa shape index (κ3) is 4.32. The van der Waals surface area contributed by atoms with E-state index in [1.165, 1.54) is 0 Å². The number of aromatic nitrogens is 2. The fourth-order valence-electron chi connectivity index (χ4n) is 5.07. The van der Waals surface area contributed by atoms with E-state index < -0.39 is 23.6 Å². The number of aliphatic hydroxyl groups is 1. The smallest absolute Gasteiger partial charge is 0.343 e. The maximum atomic E-state index is 13.4. The second kappa shape index (κ2) is 10.4. The van der Waals surface area contributed by atoms with Crippen molar-refractivity contribution in [3.63, 3.8) is 0 Å². The van der Waals surface area contributed by atoms with E-state index in [-0.39, 0.29) is 44.2 Å². The van der Waals surface area contributed by atoms with Crippen LogP contribution < -0.4 is 16.0 Å². The lowest BCUT2D eigenvalue weighted by molar-refractivity contribution is -0.172. The predicted octanol–water partition coefficient (Wildman–Crippen LogP) is 2.33. The Morgan fingerprint density at radius 3 is 2.68 bits per heavy atom. The number of aryl methyl sites for hydroxylation is 1. The highest BCUT2D eigenvalue weighted by atomic mass is 35.5. The van der Waals surface area contributed by atoms with E-state index in [4.69, 9.17) is 24.9 Å². The van der Waals surface area contributed by atoms with E-state index in [1.54, 1.807) is 30.5 Å². The van der Waals surface area contributed by atoms with Gasteiger partial charge >= 0.3 is 11.9 Å². The lowest BCUT2D eigenvalue weighted by atomic mass is 9.86. The monoisotopic (exact) mass is 543 g/mol. The summed E-state index contributed by atoms with van der Waals surface area (Å²) < 4.78 is 17.6. The number of pyridine rings is 2. The first-order chi connectivity index (χ1) is 17.7. The van der Waals surface area contributed by atoms with Gasteiger partial charge in [0.1, 0.15) is 31.6 Å². The van der Waals surface area contributed by atoms with Crippen molar-refractivity contribution < 1.29 is 28.9 Å². The summed E-state index contributed by atoms with van der Waals surface area (Å²) in [6, 6.07) is 6.55. The van der Waals surface area contributed by atoms with E-state index in [1.807, 2.05) is 19.1 Å². The lowest BCUT2D eigenvalue weighted by Gasteiger charge is -2.31. The third-order valence-corrected chi connectivity index (χ3v) is 7.10. The zero-order valence-corrected chi connectivity index (χ0v) is 22.2. The van der Waals surface area contributed by atoms with Gasteiger partial charge in [-0.2, -0.15) is 0 Å². The first-order valence-corrected chi connectivity index (χ1v) is 12.4. The number of cyclic esters (lactones) is 1. The Bertz CT molecular complexity index is 1500. The third-order valence-electron chi connectivity index (χ3n) is 7.10. The number of hydrogen-bond acceptors (Lipinski definition) is 9. The summed E-state index contributed by atoms with van der Waals surface area (Å²) in [6.45, 7) is 5.71. The van der Waals surface area contributed by atoms with Gasteiger partial charge in [0.05, 0.1) is 29.0 Å². The van der Waals surface area contributed by atoms with E-state index in [0.717, 1.165) is 22.0 Å². The number of nitrogens with zero attached hydrogens (tertiary/aromatic N) is 2. The second-order valence-electron chi connectivity index (χ2n) is 9.36. The highest BCUT2D eigenvalue weighted by Crippen LogP contribution is 2.40. The van der Waals surface area contributed by atoms with Crippen LogP contribution >= 0.6 is 12.4 Å². The molecule has 0 bridgehead atoms. The fourth-order valence-corrected chi connectivity index (χ4v) is 5.07. The fraction of sp³-hybridized carbons (Fsp3) is 0.407. The van der Waals surface area contributed by atoms with Gasteiger partial charge in [-0.3, -0.25) is 9.59 Å². The molecule has 11 heteroatoms. The SMILES string of the molecule is CCc1c2c(nc3ccc(OCCOC(=O)[C@H](C)N)cc13)-c1cc3c(c(=O)n1C2)COC(=O)[C@]3(O)CC.Cl. The Labute approximate surface area is 225 Å². The van der Waals surface area contributed by atoms with Gasteiger partial charge in [-0.1, -0.05) is 13.8 Å². The van der Waals surface area contributed by atoms with E-state index in [2.05, 4.69) is 0 Å². The van der Waals surface area contributed by atoms with Gasteiger partial charge < -0.3 is 29.6 Å². The average Bonchev–Trinajstić information content (AvgIpc) is 3.26. The summed E-state index contributed by atoms with van der Waals surface area (Å²) in [4.78, 5) is 42.2. The van der Waals surface area contributed by atoms with Crippen molar-refractivity contribution in [3.05, 3.63) is 56.9 Å². The quantitative estimate of drug-likeness (QED) is 0.265. The summed E-state index contributed by atoms with van der Waals surface area (Å²) in [5, 5.41) is 12.0. The van der Waals surface area contributed by atoms with Crippen molar-refractivity contribution in [1.29, 1.82) is 0 Å². The van der Waals surface area contributed by atoms with Crippen molar-refractivity contribution >= 4 is 35.2 Å². The molecule has 1 aromatic carbocycles. The Balaban J connectivity index is 0.00000336. The molecule has 2 atom stereocenters. The molecule has 0 aliphatic carbocycles. The van der Waals surface area contributed by atoms with Crippen LogP contribution in [0.3, 0.4) is 0 Å². The van der Waals surface area contributed by atoms with Crippen LogP contribution in [0.25, 0.3) is 22.3 Å². The molecule has 4 heterocycles. The highest BCUT2D eigenvalue weighted by Gasteiger charge is 2.45. The van der Waals surface area contributed by atoms with Gasteiger partial charge in [0.15, 0.2) is 5.60 Å². The van der Waals surface area contributed by atoms with Gasteiger partial charge in [0.2, 0.25) is 0 Å². The molecule has 0 radical (unpaired) electrons. The van der Waals surface area contributed by atoms with Crippen molar-refractivity contribution in [2.75, 3.05) is 13.2 Å². The molecular weight excluding hydrogens is 514 g/mol. The highest BCUT2D eigenvalue weighted by molar-refractivity contribution is 5.90. The summed E-state index contributed by atoms with van der Waals surface area (Å²) in [6.07, 6.45) is 0.785. The molecule has 38 heavy (non-hydrogen) atoms. The van der Waals surface area contributed by atoms with Crippen LogP contribution in [-0.2, 0) is 44.2 Å². The maximum absolute atomic E-state index is 13.4. The largest absolute Gasteiger partial charge is 0.490 e. The Morgan fingerprint density at radius 2 is 2.00 bits per heavy atom. The minimum atomic E-state index is -1.86. The molecule has 0 fully saturated rings. The number of benzene rings is 1. The van der Waals surface area contributed by atoms with Gasteiger partial charge in [0, 0.05) is 16.5 Å². The van der Waals surface area contributed by atoms with Crippen molar-refractivity contribution in [2.24, 2.45) is 5.73 Å². The molecule has 0 unspecified atom stereocenters. The van der Waals surface area contributed by atoms with Crippen LogP contribution in [0.15, 0.2) is 29.1 Å². The number of esters is 2. The van der Waals surface area contributed by atoms with Crippen LogP contribution in [0.1, 0.15) is 49.4 Å². The number of ether oxygens (including phenoxy) is 3. The van der Waals surface area contributed by atoms with Crippen LogP contribution in [0.4, 0.5) is 0 Å². The minimum Gasteiger partial charge on any atom is -0.490 e. The van der Waals surface area contributed by atoms with Gasteiger partial charge in [-0.15, -0.1) is 12.4 Å². The molecule has 0 spiro atoms. The van der Waals surface area contributed by atoms with Gasteiger partial charge in [-0.05, 0) is 49.6 Å². The number of fused-ring (bicyclic) bond motifs is 5. The van der Waals surface area contributed by atoms with E-state index >= 15 is 0 Å². The van der Waals surface area contributed by atoms with Gasteiger partial charge in [-0.25, -0.2) is 9.78 Å². The average molecular weight is 544 g/mol. The van der Waals surface area contributed by atoms with Crippen molar-refractivity contribution in [1.82, 2.24) is 9.55 Å². The molecule has 5 rings (SSSR count). The zero-order valence-electron chi connectivity index (χ0n) is 21.4. The molecule has 0 amide bonds. The summed E-state index contributed by atoms with van der Waals surface area (Å²) in [5.41, 5.74) is 7.86. The Morgan fingerprint density at radius 1 is 1.24 bits per heavy atom. The van der Waals surface area contributed by atoms with E-state index in [9.17, 15) is 19.5 Å². The number of carbonyl (C=O) groups is 2. The predicted molar refractivity (Wildman–Crippen MR) is 141 cm³/mol. The Kier molecular flexibility index (Phi) is 7.51. The van der Waals surface area contributed by atoms with Crippen LogP contribution in [0, 0.1) is 0 Å². The molecule has 0 saturated heterocycles. The number of nitrogens with two attached hydrogens (primary N) is 1. The number of rotatable bonds is 7. The first-order valence-electron chi connectivity index (χ1n) is 12.4. The lowest BCUT2D eigenvalue weighted by Crippen LogP contribution is -2.44. The molecule has 0 saturated carbocycles. The summed E-state index contributed by atoms with van der Waals surface area (Å²) in [5.74, 6) is -0.627. The van der Waals surface area contributed by atoms with Crippen LogP contribution in [0.2, 0.25) is 0 Å². The molecule has 3 N–H and O–H groups in total. The molecule has 2 aromatic heterocycles. The molecule has 10 nitrogen and oxygen atoms in total. The summed E-state index contributed by atoms with van der Waals surface area (Å²) in [7, 11) is 0. The second-order valence-corrected chi connectivity index (χ2v) is 9.36. The van der Waals surface area contributed by atoms with Crippen molar-refractivity contribution in [2.45, 2.75) is 58.4 Å². The zero-order chi connectivity index (χ0) is 26.5. The van der Waals surface area contributed by atoms with E-state index in [0.29, 0.717) is 41.2 Å². The molecular formula is C27H30ClN3O7. The van der Waals surface area contributed by atoms with Gasteiger partial charge in [0.25, 0.3) is 5.56 Å². The number of hydrogen-bond donors (Lipinski definition) is 2.